The SMILES string of the molecule is COCCOCCOCCOCCOCC(=O)N1CCC(CCC(=O)ONC(=O)Cc2ccc(CCCCc3ccccc3)cc2)CC1. The Bertz CT molecular complexity index is 1160. The minimum atomic E-state index is -0.457. The molecule has 1 saturated heterocycles. The Morgan fingerprint density at radius 1 is 0.708 bits per heavy atom. The van der Waals surface area contributed by atoms with Gasteiger partial charge < -0.3 is 33.4 Å². The Balaban J connectivity index is 1.14. The summed E-state index contributed by atoms with van der Waals surface area (Å²) in [5.41, 5.74) is 5.77. The van der Waals surface area contributed by atoms with Crippen LogP contribution in [-0.4, -0.2) is 102 Å². The van der Waals surface area contributed by atoms with Crippen molar-refractivity contribution in [3.8, 4) is 0 Å². The molecule has 1 N–H and O–H groups in total. The molecule has 2 amide bonds. The number of rotatable bonds is 24. The number of hydrogen-bond acceptors (Lipinski definition) is 9. The smallest absolute Gasteiger partial charge is 0.332 e. The first-order valence-electron chi connectivity index (χ1n) is 17.2. The summed E-state index contributed by atoms with van der Waals surface area (Å²) in [6.45, 7) is 5.09. The van der Waals surface area contributed by atoms with Crippen molar-refractivity contribution in [2.24, 2.45) is 5.92 Å². The summed E-state index contributed by atoms with van der Waals surface area (Å²) < 4.78 is 26.5. The quantitative estimate of drug-likeness (QED) is 0.130. The second kappa shape index (κ2) is 24.7. The maximum atomic E-state index is 12.5. The van der Waals surface area contributed by atoms with Gasteiger partial charge in [0, 0.05) is 26.6 Å². The van der Waals surface area contributed by atoms with Crippen LogP contribution in [0.4, 0.5) is 0 Å². The Kier molecular flexibility index (Phi) is 20.1. The average Bonchev–Trinajstić information content (AvgIpc) is 3.11. The normalized spacial score (nSPS) is 13.4. The van der Waals surface area contributed by atoms with Crippen LogP contribution in [0.5, 0.6) is 0 Å². The van der Waals surface area contributed by atoms with Gasteiger partial charge >= 0.3 is 5.97 Å². The molecule has 1 aliphatic heterocycles. The Hall–Kier alpha value is -3.35. The van der Waals surface area contributed by atoms with E-state index in [0.717, 1.165) is 44.1 Å². The summed E-state index contributed by atoms with van der Waals surface area (Å²) in [5, 5.41) is 0. The number of carbonyl (C=O) groups excluding carboxylic acids is 3. The number of likely N-dealkylation sites (tertiary alicyclic amines) is 1. The lowest BCUT2D eigenvalue weighted by Gasteiger charge is -2.31. The van der Waals surface area contributed by atoms with E-state index in [2.05, 4.69) is 41.9 Å². The third-order valence-electron chi connectivity index (χ3n) is 8.19. The lowest BCUT2D eigenvalue weighted by molar-refractivity contribution is -0.158. The first kappa shape index (κ1) is 39.1. The molecule has 266 valence electrons. The zero-order valence-corrected chi connectivity index (χ0v) is 28.5. The third kappa shape index (κ3) is 17.7. The van der Waals surface area contributed by atoms with E-state index >= 15 is 0 Å². The van der Waals surface area contributed by atoms with Gasteiger partial charge in [-0.1, -0.05) is 54.6 Å². The minimum Gasteiger partial charge on any atom is -0.382 e. The van der Waals surface area contributed by atoms with Crippen molar-refractivity contribution < 1.29 is 42.9 Å². The summed E-state index contributed by atoms with van der Waals surface area (Å²) in [6.07, 6.45) is 6.97. The number of hydroxylamine groups is 1. The van der Waals surface area contributed by atoms with Crippen LogP contribution in [0, 0.1) is 5.92 Å². The molecule has 1 fully saturated rings. The molecule has 0 saturated carbocycles. The molecule has 1 aliphatic rings. The summed E-state index contributed by atoms with van der Waals surface area (Å²) in [7, 11) is 1.63. The second-order valence-electron chi connectivity index (χ2n) is 11.9. The Morgan fingerprint density at radius 2 is 1.25 bits per heavy atom. The number of methoxy groups -OCH3 is 1. The van der Waals surface area contributed by atoms with Crippen LogP contribution in [0.15, 0.2) is 54.6 Å². The molecule has 2 aromatic carbocycles. The van der Waals surface area contributed by atoms with Gasteiger partial charge in [0.25, 0.3) is 5.91 Å². The highest BCUT2D eigenvalue weighted by Gasteiger charge is 2.23. The van der Waals surface area contributed by atoms with Crippen molar-refractivity contribution >= 4 is 17.8 Å². The van der Waals surface area contributed by atoms with Crippen molar-refractivity contribution in [3.05, 3.63) is 71.3 Å². The second-order valence-corrected chi connectivity index (χ2v) is 11.9. The highest BCUT2D eigenvalue weighted by atomic mass is 16.7. The molecule has 0 unspecified atom stereocenters. The molecule has 0 aromatic heterocycles. The number of carbonyl (C=O) groups is 3. The summed E-state index contributed by atoms with van der Waals surface area (Å²) in [5.74, 6) is -0.533. The molecule has 48 heavy (non-hydrogen) atoms. The zero-order chi connectivity index (χ0) is 34.1. The zero-order valence-electron chi connectivity index (χ0n) is 28.5. The molecule has 0 bridgehead atoms. The lowest BCUT2D eigenvalue weighted by Crippen LogP contribution is -2.40. The molecule has 2 aromatic rings. The van der Waals surface area contributed by atoms with Crippen molar-refractivity contribution in [3.63, 3.8) is 0 Å². The van der Waals surface area contributed by atoms with E-state index in [1.54, 1.807) is 12.0 Å². The minimum absolute atomic E-state index is 0.0225. The largest absolute Gasteiger partial charge is 0.382 e. The third-order valence-corrected chi connectivity index (χ3v) is 8.19. The van der Waals surface area contributed by atoms with E-state index < -0.39 is 5.97 Å². The average molecular weight is 671 g/mol. The molecule has 0 radical (unpaired) electrons. The number of hydrogen-bond donors (Lipinski definition) is 1. The van der Waals surface area contributed by atoms with Crippen molar-refractivity contribution in [1.29, 1.82) is 0 Å². The number of nitrogens with one attached hydrogen (secondary N) is 1. The predicted molar refractivity (Wildman–Crippen MR) is 181 cm³/mol. The van der Waals surface area contributed by atoms with Gasteiger partial charge in [-0.15, -0.1) is 0 Å². The number of amides is 2. The first-order chi connectivity index (χ1) is 23.5. The van der Waals surface area contributed by atoms with E-state index in [9.17, 15) is 14.4 Å². The van der Waals surface area contributed by atoms with Gasteiger partial charge in [-0.3, -0.25) is 9.59 Å². The maximum absolute atomic E-state index is 12.5. The van der Waals surface area contributed by atoms with Crippen molar-refractivity contribution in [2.45, 2.75) is 57.8 Å². The topological polar surface area (TPSA) is 122 Å². The molecule has 0 spiro atoms. The maximum Gasteiger partial charge on any atom is 0.332 e. The summed E-state index contributed by atoms with van der Waals surface area (Å²) in [4.78, 5) is 43.8. The van der Waals surface area contributed by atoms with Gasteiger partial charge in [-0.25, -0.2) is 4.79 Å². The predicted octanol–water partition coefficient (Wildman–Crippen LogP) is 4.10. The highest BCUT2D eigenvalue weighted by Crippen LogP contribution is 2.22. The van der Waals surface area contributed by atoms with Gasteiger partial charge in [0.15, 0.2) is 0 Å². The Labute approximate surface area is 285 Å². The standard InChI is InChI=1S/C37H54N2O9/c1-43-21-22-44-23-24-45-25-26-46-27-28-47-30-36(41)39-19-17-33(18-20-39)15-16-37(42)48-38-35(40)29-34-13-11-32(12-14-34)10-6-5-9-31-7-3-2-4-8-31/h2-4,7-8,11-14,33H,5-6,9-10,15-30H2,1H3,(H,38,40). The molecule has 0 atom stereocenters. The van der Waals surface area contributed by atoms with Crippen LogP contribution in [0.3, 0.4) is 0 Å². The van der Waals surface area contributed by atoms with E-state index in [1.807, 2.05) is 18.2 Å². The number of ether oxygens (including phenoxy) is 5. The highest BCUT2D eigenvalue weighted by molar-refractivity contribution is 5.80. The Morgan fingerprint density at radius 3 is 1.85 bits per heavy atom. The number of piperidine rings is 1. The molecule has 0 aliphatic carbocycles. The fourth-order valence-electron chi connectivity index (χ4n) is 5.36. The molecular weight excluding hydrogens is 616 g/mol. The first-order valence-corrected chi connectivity index (χ1v) is 17.2. The van der Waals surface area contributed by atoms with Crippen LogP contribution in [0.1, 0.15) is 55.2 Å². The van der Waals surface area contributed by atoms with Crippen LogP contribution in [0.25, 0.3) is 0 Å². The summed E-state index contributed by atoms with van der Waals surface area (Å²) >= 11 is 0. The van der Waals surface area contributed by atoms with Crippen molar-refractivity contribution in [1.82, 2.24) is 10.4 Å². The molecular formula is C37H54N2O9. The monoisotopic (exact) mass is 670 g/mol. The fourth-order valence-corrected chi connectivity index (χ4v) is 5.36. The number of benzene rings is 2. The molecule has 3 rings (SSSR count). The number of unbranched alkanes of at least 4 members (excludes halogenated alkanes) is 1. The van der Waals surface area contributed by atoms with Crippen LogP contribution >= 0.6 is 0 Å². The van der Waals surface area contributed by atoms with E-state index in [-0.39, 0.29) is 31.3 Å². The van der Waals surface area contributed by atoms with E-state index in [0.29, 0.717) is 78.3 Å². The van der Waals surface area contributed by atoms with E-state index in [1.165, 1.54) is 11.1 Å². The van der Waals surface area contributed by atoms with Crippen LogP contribution in [0.2, 0.25) is 0 Å². The van der Waals surface area contributed by atoms with Gasteiger partial charge in [0.2, 0.25) is 5.91 Å². The lowest BCUT2D eigenvalue weighted by atomic mass is 9.92. The van der Waals surface area contributed by atoms with Gasteiger partial charge in [-0.05, 0) is 67.6 Å². The molecule has 1 heterocycles. The van der Waals surface area contributed by atoms with Crippen molar-refractivity contribution in [2.75, 3.05) is 79.7 Å². The van der Waals surface area contributed by atoms with E-state index in [4.69, 9.17) is 28.5 Å². The molecule has 11 heteroatoms. The van der Waals surface area contributed by atoms with Gasteiger partial charge in [0.05, 0.1) is 59.3 Å². The van der Waals surface area contributed by atoms with Crippen LogP contribution < -0.4 is 5.48 Å². The number of nitrogens with zero attached hydrogens (tertiary/aromatic N) is 1. The van der Waals surface area contributed by atoms with Gasteiger partial charge in [-0.2, -0.15) is 5.48 Å². The molecule has 11 nitrogen and oxygen atoms in total. The summed E-state index contributed by atoms with van der Waals surface area (Å²) in [6, 6.07) is 18.5. The number of aryl methyl sites for hydroxylation is 2. The van der Waals surface area contributed by atoms with Crippen LogP contribution in [-0.2, 0) is 62.2 Å². The van der Waals surface area contributed by atoms with Gasteiger partial charge in [0.1, 0.15) is 6.61 Å². The fraction of sp³-hybridized carbons (Fsp3) is 0.595.